The molecule has 5 nitrogen and oxygen atoms in total. The molecule has 0 aliphatic carbocycles. The fourth-order valence-corrected chi connectivity index (χ4v) is 3.40. The summed E-state index contributed by atoms with van der Waals surface area (Å²) in [6, 6.07) is 7.65. The second-order valence-corrected chi connectivity index (χ2v) is 7.55. The average molecular weight is 465 g/mol. The highest BCUT2D eigenvalue weighted by atomic mass is 32.1. The number of rotatable bonds is 9. The van der Waals surface area contributed by atoms with Crippen LogP contribution >= 0.6 is 12.6 Å². The van der Waals surface area contributed by atoms with Gasteiger partial charge in [-0.05, 0) is 49.2 Å². The smallest absolute Gasteiger partial charge is 0.463 e. The molecule has 1 heterocycles. The molecule has 0 unspecified atom stereocenters. The van der Waals surface area contributed by atoms with E-state index in [0.29, 0.717) is 12.2 Å². The number of alkyl halides is 2. The normalized spacial score (nSPS) is 14.1. The number of halogens is 3. The highest BCUT2D eigenvalue weighted by Crippen LogP contribution is 2.37. The van der Waals surface area contributed by atoms with E-state index in [2.05, 4.69) is 17.6 Å². The van der Waals surface area contributed by atoms with Crippen molar-refractivity contribution in [2.75, 3.05) is 25.6 Å². The second-order valence-electron chi connectivity index (χ2n) is 7.10. The Balaban J connectivity index is 2.06. The number of ether oxygens (including phenoxy) is 3. The van der Waals surface area contributed by atoms with E-state index >= 15 is 4.32 Å². The molecule has 0 spiro atoms. The zero-order valence-corrected chi connectivity index (χ0v) is 18.4. The largest absolute Gasteiger partial charge is 0.490 e. The second kappa shape index (κ2) is 10.8. The molecular formula is C22H23BF3NO4S. The Morgan fingerprint density at radius 1 is 1.19 bits per heavy atom. The van der Waals surface area contributed by atoms with Crippen LogP contribution in [0.3, 0.4) is 0 Å². The van der Waals surface area contributed by atoms with Crippen molar-refractivity contribution in [1.82, 2.24) is 0 Å². The summed E-state index contributed by atoms with van der Waals surface area (Å²) < 4.78 is 61.2. The van der Waals surface area contributed by atoms with Crippen molar-refractivity contribution in [2.45, 2.75) is 25.6 Å². The molecule has 0 saturated heterocycles. The molecule has 32 heavy (non-hydrogen) atoms. The number of hydrogen-bond donors (Lipinski definition) is 1. The monoisotopic (exact) mass is 465 g/mol. The molecule has 0 fully saturated rings. The van der Waals surface area contributed by atoms with Gasteiger partial charge in [-0.25, -0.2) is 13.6 Å². The van der Waals surface area contributed by atoms with Crippen molar-refractivity contribution in [2.24, 2.45) is 4.99 Å². The number of thiol groups is 1. The first-order valence-electron chi connectivity index (χ1n) is 10.2. The van der Waals surface area contributed by atoms with Crippen molar-refractivity contribution >= 4 is 43.0 Å². The Bertz CT molecular complexity index is 990. The molecule has 0 amide bonds. The summed E-state index contributed by atoms with van der Waals surface area (Å²) in [6.07, 6.45) is 2.79. The number of esters is 1. The number of carbonyl (C=O) groups is 1. The van der Waals surface area contributed by atoms with Crippen LogP contribution in [0.5, 0.6) is 11.5 Å². The van der Waals surface area contributed by atoms with E-state index in [0.717, 1.165) is 12.5 Å². The summed E-state index contributed by atoms with van der Waals surface area (Å²) in [4.78, 5) is 16.0. The Kier molecular flexibility index (Phi) is 8.12. The maximum absolute atomic E-state index is 15.1. The van der Waals surface area contributed by atoms with Gasteiger partial charge in [0.15, 0.2) is 18.1 Å². The number of fused-ring (bicyclic) bond motifs is 4. The lowest BCUT2D eigenvalue weighted by Crippen LogP contribution is -2.42. The lowest BCUT2D eigenvalue weighted by Gasteiger charge is -2.22. The maximum atomic E-state index is 15.1. The number of aliphatic imine (C=N–C) groups is 1. The Morgan fingerprint density at radius 3 is 2.75 bits per heavy atom. The van der Waals surface area contributed by atoms with Crippen LogP contribution in [0.1, 0.15) is 30.9 Å². The van der Waals surface area contributed by atoms with Crippen LogP contribution in [-0.2, 0) is 15.4 Å². The Labute approximate surface area is 190 Å². The van der Waals surface area contributed by atoms with Crippen LogP contribution in [0.25, 0.3) is 0 Å². The average Bonchev–Trinajstić information content (AvgIpc) is 2.78. The first-order valence-corrected chi connectivity index (χ1v) is 10.9. The molecule has 0 aromatic heterocycles. The van der Waals surface area contributed by atoms with Crippen LogP contribution in [-0.4, -0.2) is 44.7 Å². The predicted octanol–water partition coefficient (Wildman–Crippen LogP) is 4.28. The van der Waals surface area contributed by atoms with Gasteiger partial charge in [-0.15, -0.1) is 0 Å². The molecule has 10 heteroatoms. The topological polar surface area (TPSA) is 57.1 Å². The van der Waals surface area contributed by atoms with Crippen molar-refractivity contribution in [1.29, 1.82) is 0 Å². The molecule has 4 bridgehead atoms. The summed E-state index contributed by atoms with van der Waals surface area (Å²) in [6.45, 7) is -0.970. The fourth-order valence-electron chi connectivity index (χ4n) is 3.17. The first-order chi connectivity index (χ1) is 15.4. The first kappa shape index (κ1) is 24.0. The minimum Gasteiger partial charge on any atom is -0.490 e. The van der Waals surface area contributed by atoms with E-state index in [1.165, 1.54) is 36.5 Å². The zero-order chi connectivity index (χ0) is 23.1. The highest BCUT2D eigenvalue weighted by molar-refractivity contribution is 7.80. The maximum Gasteiger partial charge on any atom is 0.463 e. The third-order valence-corrected chi connectivity index (χ3v) is 5.07. The van der Waals surface area contributed by atoms with E-state index in [1.54, 1.807) is 6.92 Å². The Morgan fingerprint density at radius 2 is 2.00 bits per heavy atom. The number of carbonyl (C=O) groups excluding carboxylic acids is 1. The number of nitrogens with zero attached hydrogens (tertiary/aromatic N) is 1. The molecule has 0 atom stereocenters. The lowest BCUT2D eigenvalue weighted by atomic mass is 9.56. The highest BCUT2D eigenvalue weighted by Gasteiger charge is 2.49. The molecule has 1 aliphatic rings. The molecule has 0 saturated carbocycles. The van der Waals surface area contributed by atoms with E-state index in [4.69, 9.17) is 14.2 Å². The summed E-state index contributed by atoms with van der Waals surface area (Å²) in [5.74, 6) is -3.58. The molecule has 170 valence electrons. The van der Waals surface area contributed by atoms with Crippen molar-refractivity contribution in [3.63, 3.8) is 0 Å². The number of hydrogen-bond acceptors (Lipinski definition) is 6. The zero-order valence-electron chi connectivity index (χ0n) is 17.5. The molecule has 1 aliphatic heterocycles. The van der Waals surface area contributed by atoms with E-state index in [1.807, 2.05) is 0 Å². The molecule has 3 rings (SSSR count). The SMILES string of the molecule is CCOC(=O)COc1c2cc(cc1OCCCCS)B(F)C(F)(F)c1cccc(c1)N=C2. The standard InChI is InChI=1S/C22H23BF3NO4S/c1-2-29-20(28)14-31-21-15-10-17(12-19(21)30-8-3-4-9-32)23(26)22(24,25)16-6-5-7-18(11-16)27-13-15/h5-7,10-13,32H,2-4,8-9,14H2,1H3. The minimum absolute atomic E-state index is 0.0510. The van der Waals surface area contributed by atoms with Gasteiger partial charge < -0.3 is 18.5 Å². The minimum atomic E-state index is -3.78. The van der Waals surface area contributed by atoms with Crippen LogP contribution in [0.15, 0.2) is 41.4 Å². The molecule has 0 radical (unpaired) electrons. The molecule has 2 aromatic carbocycles. The van der Waals surface area contributed by atoms with Gasteiger partial charge in [0, 0.05) is 17.3 Å². The molecular weight excluding hydrogens is 442 g/mol. The summed E-state index contributed by atoms with van der Waals surface area (Å²) in [7, 11) is 0. The van der Waals surface area contributed by atoms with Crippen molar-refractivity contribution in [3.8, 4) is 11.5 Å². The summed E-state index contributed by atoms with van der Waals surface area (Å²) >= 11 is 4.15. The van der Waals surface area contributed by atoms with Gasteiger partial charge in [-0.3, -0.25) is 4.99 Å². The van der Waals surface area contributed by atoms with Gasteiger partial charge in [0.1, 0.15) is 0 Å². The molecule has 0 N–H and O–H groups in total. The predicted molar refractivity (Wildman–Crippen MR) is 121 cm³/mol. The van der Waals surface area contributed by atoms with Gasteiger partial charge in [-0.1, -0.05) is 18.2 Å². The van der Waals surface area contributed by atoms with Crippen LogP contribution in [0, 0.1) is 0 Å². The Hall–Kier alpha value is -2.62. The van der Waals surface area contributed by atoms with E-state index in [9.17, 15) is 13.6 Å². The van der Waals surface area contributed by atoms with E-state index in [-0.39, 0.29) is 41.4 Å². The van der Waals surface area contributed by atoms with E-state index < -0.39 is 31.0 Å². The lowest BCUT2D eigenvalue weighted by molar-refractivity contribution is -0.145. The van der Waals surface area contributed by atoms with Gasteiger partial charge in [-0.2, -0.15) is 12.6 Å². The van der Waals surface area contributed by atoms with Gasteiger partial charge in [0.05, 0.1) is 18.9 Å². The van der Waals surface area contributed by atoms with Crippen LogP contribution in [0.4, 0.5) is 18.8 Å². The molecule has 2 aromatic rings. The van der Waals surface area contributed by atoms with Gasteiger partial charge in [0.2, 0.25) is 0 Å². The van der Waals surface area contributed by atoms with Crippen molar-refractivity contribution < 1.29 is 32.1 Å². The third kappa shape index (κ3) is 5.59. The van der Waals surface area contributed by atoms with Gasteiger partial charge >= 0.3 is 13.0 Å². The quantitative estimate of drug-likeness (QED) is 0.260. The summed E-state index contributed by atoms with van der Waals surface area (Å²) in [5.41, 5.74) is -0.311. The number of benzene rings is 2. The summed E-state index contributed by atoms with van der Waals surface area (Å²) in [5, 5.41) is 0. The van der Waals surface area contributed by atoms with Crippen LogP contribution < -0.4 is 14.9 Å². The van der Waals surface area contributed by atoms with Crippen LogP contribution in [0.2, 0.25) is 0 Å². The van der Waals surface area contributed by atoms with Gasteiger partial charge in [0.25, 0.3) is 5.82 Å². The number of unbranched alkanes of at least 4 members (excludes halogenated alkanes) is 1. The fraction of sp³-hybridized carbons (Fsp3) is 0.364. The van der Waals surface area contributed by atoms with Crippen molar-refractivity contribution in [3.05, 3.63) is 47.5 Å². The third-order valence-electron chi connectivity index (χ3n) is 4.75.